The van der Waals surface area contributed by atoms with Crippen LogP contribution in [-0.4, -0.2) is 4.37 Å². The van der Waals surface area contributed by atoms with Crippen LogP contribution in [0.2, 0.25) is 0 Å². The van der Waals surface area contributed by atoms with Gasteiger partial charge in [0.1, 0.15) is 5.75 Å². The Morgan fingerprint density at radius 2 is 2.05 bits per heavy atom. The lowest BCUT2D eigenvalue weighted by Crippen LogP contribution is -1.97. The molecule has 19 heavy (non-hydrogen) atoms. The van der Waals surface area contributed by atoms with E-state index in [0.29, 0.717) is 6.54 Å². The van der Waals surface area contributed by atoms with Crippen LogP contribution >= 0.6 is 11.5 Å². The summed E-state index contributed by atoms with van der Waals surface area (Å²) in [4.78, 5) is 0. The van der Waals surface area contributed by atoms with E-state index < -0.39 is 0 Å². The molecule has 0 radical (unpaired) electrons. The molecule has 3 aromatic rings. The Morgan fingerprint density at radius 1 is 1.21 bits per heavy atom. The molecule has 0 aliphatic rings. The molecule has 1 aromatic heterocycles. The maximum atomic E-state index is 6.01. The van der Waals surface area contributed by atoms with Crippen molar-refractivity contribution in [3.05, 3.63) is 53.6 Å². The molecule has 0 aliphatic heterocycles. The van der Waals surface area contributed by atoms with Crippen molar-refractivity contribution in [3.8, 4) is 10.8 Å². The van der Waals surface area contributed by atoms with Gasteiger partial charge in [0.05, 0.1) is 10.9 Å². The Kier molecular flexibility index (Phi) is 3.19. The lowest BCUT2D eigenvalue weighted by molar-refractivity contribution is 0.496. The quantitative estimate of drug-likeness (QED) is 0.786. The van der Waals surface area contributed by atoms with Crippen molar-refractivity contribution in [2.45, 2.75) is 13.5 Å². The molecule has 3 nitrogen and oxygen atoms in total. The van der Waals surface area contributed by atoms with Crippen molar-refractivity contribution >= 4 is 22.4 Å². The molecule has 3 rings (SSSR count). The lowest BCUT2D eigenvalue weighted by atomic mass is 10.1. The first kappa shape index (κ1) is 12.1. The first-order valence-electron chi connectivity index (χ1n) is 6.10. The minimum atomic E-state index is 0.514. The first-order valence-corrected chi connectivity index (χ1v) is 6.87. The number of ether oxygens (including phenoxy) is 1. The maximum Gasteiger partial charge on any atom is 0.207 e. The fourth-order valence-electron chi connectivity index (χ4n) is 1.92. The van der Waals surface area contributed by atoms with Gasteiger partial charge in [0.25, 0.3) is 0 Å². The number of rotatable bonds is 3. The summed E-state index contributed by atoms with van der Waals surface area (Å²) in [6.07, 6.45) is 0. The fraction of sp³-hybridized carbons (Fsp3) is 0.133. The van der Waals surface area contributed by atoms with Crippen LogP contribution in [0.5, 0.6) is 10.8 Å². The monoisotopic (exact) mass is 270 g/mol. The lowest BCUT2D eigenvalue weighted by Gasteiger charge is -2.08. The van der Waals surface area contributed by atoms with Gasteiger partial charge in [-0.1, -0.05) is 24.3 Å². The van der Waals surface area contributed by atoms with Crippen molar-refractivity contribution < 1.29 is 4.74 Å². The number of nitrogens with two attached hydrogens (primary N) is 1. The molecule has 0 bridgehead atoms. The van der Waals surface area contributed by atoms with Crippen molar-refractivity contribution in [1.29, 1.82) is 0 Å². The summed E-state index contributed by atoms with van der Waals surface area (Å²) in [5, 5.41) is 1.87. The third-order valence-corrected chi connectivity index (χ3v) is 3.80. The third kappa shape index (κ3) is 2.32. The van der Waals surface area contributed by atoms with Gasteiger partial charge >= 0.3 is 0 Å². The number of aromatic nitrogens is 1. The highest BCUT2D eigenvalue weighted by Gasteiger charge is 2.09. The van der Waals surface area contributed by atoms with E-state index in [1.807, 2.05) is 49.4 Å². The molecule has 0 amide bonds. The minimum absolute atomic E-state index is 0.514. The zero-order chi connectivity index (χ0) is 13.2. The van der Waals surface area contributed by atoms with E-state index in [0.717, 1.165) is 32.8 Å². The smallest absolute Gasteiger partial charge is 0.207 e. The standard InChI is InChI=1S/C15H14N2OS/c1-10-6-7-11(9-16)8-14(10)18-15-12-4-2-3-5-13(12)17-19-15/h2-8H,9,16H2,1H3. The van der Waals surface area contributed by atoms with Gasteiger partial charge in [0.2, 0.25) is 5.06 Å². The fourth-order valence-corrected chi connectivity index (χ4v) is 2.66. The van der Waals surface area contributed by atoms with Crippen LogP contribution in [0.15, 0.2) is 42.5 Å². The first-order chi connectivity index (χ1) is 9.28. The van der Waals surface area contributed by atoms with E-state index in [1.165, 1.54) is 11.5 Å². The van der Waals surface area contributed by atoms with Gasteiger partial charge in [-0.15, -0.1) is 0 Å². The molecule has 4 heteroatoms. The molecule has 0 unspecified atom stereocenters. The van der Waals surface area contributed by atoms with Gasteiger partial charge in [0.15, 0.2) is 0 Å². The van der Waals surface area contributed by atoms with E-state index in [-0.39, 0.29) is 0 Å². The van der Waals surface area contributed by atoms with Gasteiger partial charge in [-0.25, -0.2) is 0 Å². The van der Waals surface area contributed by atoms with Gasteiger partial charge in [0, 0.05) is 18.1 Å². The molecule has 0 spiro atoms. The molecule has 0 fully saturated rings. The SMILES string of the molecule is Cc1ccc(CN)cc1Oc1snc2ccccc12. The molecule has 1 heterocycles. The van der Waals surface area contributed by atoms with E-state index >= 15 is 0 Å². The van der Waals surface area contributed by atoms with Crippen molar-refractivity contribution in [1.82, 2.24) is 4.37 Å². The van der Waals surface area contributed by atoms with Crippen molar-refractivity contribution in [3.63, 3.8) is 0 Å². The summed E-state index contributed by atoms with van der Waals surface area (Å²) in [6, 6.07) is 14.0. The van der Waals surface area contributed by atoms with Crippen LogP contribution in [0.25, 0.3) is 10.9 Å². The van der Waals surface area contributed by atoms with Crippen molar-refractivity contribution in [2.24, 2.45) is 5.73 Å². The summed E-state index contributed by atoms with van der Waals surface area (Å²) >= 11 is 1.38. The molecule has 2 aromatic carbocycles. The van der Waals surface area contributed by atoms with Gasteiger partial charge in [-0.05, 0) is 36.2 Å². The Labute approximate surface area is 115 Å². The highest BCUT2D eigenvalue weighted by molar-refractivity contribution is 7.09. The molecule has 0 saturated carbocycles. The molecule has 96 valence electrons. The Hall–Kier alpha value is -1.91. The minimum Gasteiger partial charge on any atom is -0.444 e. The summed E-state index contributed by atoms with van der Waals surface area (Å²) in [5.74, 6) is 0.845. The van der Waals surface area contributed by atoms with Crippen LogP contribution < -0.4 is 10.5 Å². The van der Waals surface area contributed by atoms with E-state index in [9.17, 15) is 0 Å². The van der Waals surface area contributed by atoms with Crippen LogP contribution in [0, 0.1) is 6.92 Å². The second kappa shape index (κ2) is 4.99. The zero-order valence-corrected chi connectivity index (χ0v) is 11.4. The molecule has 0 saturated heterocycles. The number of fused-ring (bicyclic) bond motifs is 1. The van der Waals surface area contributed by atoms with Crippen LogP contribution in [0.4, 0.5) is 0 Å². The van der Waals surface area contributed by atoms with E-state index in [2.05, 4.69) is 4.37 Å². The van der Waals surface area contributed by atoms with E-state index in [1.54, 1.807) is 0 Å². The van der Waals surface area contributed by atoms with Crippen molar-refractivity contribution in [2.75, 3.05) is 0 Å². The highest BCUT2D eigenvalue weighted by Crippen LogP contribution is 2.35. The number of benzene rings is 2. The van der Waals surface area contributed by atoms with Gasteiger partial charge in [-0.3, -0.25) is 0 Å². The third-order valence-electron chi connectivity index (χ3n) is 3.04. The van der Waals surface area contributed by atoms with Crippen LogP contribution in [0.3, 0.4) is 0 Å². The Morgan fingerprint density at radius 3 is 2.89 bits per heavy atom. The second-order valence-electron chi connectivity index (χ2n) is 4.39. The normalized spacial score (nSPS) is 10.8. The Bertz CT molecular complexity index is 721. The second-order valence-corrected chi connectivity index (χ2v) is 5.13. The number of nitrogens with zero attached hydrogens (tertiary/aromatic N) is 1. The summed E-state index contributed by atoms with van der Waals surface area (Å²) in [5.41, 5.74) is 8.79. The molecular weight excluding hydrogens is 256 g/mol. The maximum absolute atomic E-state index is 6.01. The molecular formula is C15H14N2OS. The summed E-state index contributed by atoms with van der Waals surface area (Å²) in [6.45, 7) is 2.54. The molecule has 0 aliphatic carbocycles. The molecule has 2 N–H and O–H groups in total. The average molecular weight is 270 g/mol. The number of aryl methyl sites for hydroxylation is 1. The van der Waals surface area contributed by atoms with Gasteiger partial charge in [-0.2, -0.15) is 4.37 Å². The predicted octanol–water partition coefficient (Wildman–Crippen LogP) is 3.86. The van der Waals surface area contributed by atoms with Crippen LogP contribution in [-0.2, 0) is 6.54 Å². The number of hydrogen-bond donors (Lipinski definition) is 1. The highest BCUT2D eigenvalue weighted by atomic mass is 32.1. The molecule has 0 atom stereocenters. The van der Waals surface area contributed by atoms with Gasteiger partial charge < -0.3 is 10.5 Å². The zero-order valence-electron chi connectivity index (χ0n) is 10.6. The largest absolute Gasteiger partial charge is 0.444 e. The topological polar surface area (TPSA) is 48.1 Å². The van der Waals surface area contributed by atoms with Crippen LogP contribution in [0.1, 0.15) is 11.1 Å². The average Bonchev–Trinajstić information content (AvgIpc) is 2.85. The Balaban J connectivity index is 2.01. The van der Waals surface area contributed by atoms with E-state index in [4.69, 9.17) is 10.5 Å². The predicted molar refractivity (Wildman–Crippen MR) is 78.8 cm³/mol. The summed E-state index contributed by atoms with van der Waals surface area (Å²) < 4.78 is 10.4. The number of hydrogen-bond acceptors (Lipinski definition) is 4. The summed E-state index contributed by atoms with van der Waals surface area (Å²) in [7, 11) is 0.